The Morgan fingerprint density at radius 3 is 2.86 bits per heavy atom. The van der Waals surface area contributed by atoms with E-state index < -0.39 is 10.0 Å². The van der Waals surface area contributed by atoms with Gasteiger partial charge in [0, 0.05) is 12.2 Å². The molecule has 1 aliphatic carbocycles. The number of fused-ring (bicyclic) bond motifs is 1. The first-order valence-corrected chi connectivity index (χ1v) is 8.38. The smallest absolute Gasteiger partial charge is 0.242 e. The van der Waals surface area contributed by atoms with Crippen molar-refractivity contribution in [3.63, 3.8) is 0 Å². The van der Waals surface area contributed by atoms with Crippen LogP contribution in [0.1, 0.15) is 29.2 Å². The molecule has 22 heavy (non-hydrogen) atoms. The second-order valence-corrected chi connectivity index (χ2v) is 7.14. The third-order valence-corrected chi connectivity index (χ3v) is 5.32. The average Bonchev–Trinajstić information content (AvgIpc) is 2.83. The van der Waals surface area contributed by atoms with Crippen molar-refractivity contribution in [1.29, 1.82) is 0 Å². The van der Waals surface area contributed by atoms with Crippen LogP contribution in [0.15, 0.2) is 35.4 Å². The fourth-order valence-electron chi connectivity index (χ4n) is 2.67. The van der Waals surface area contributed by atoms with Gasteiger partial charge in [0.15, 0.2) is 0 Å². The lowest BCUT2D eigenvalue weighted by Crippen LogP contribution is -2.27. The quantitative estimate of drug-likeness (QED) is 0.906. The molecule has 2 aromatic rings. The zero-order valence-corrected chi connectivity index (χ0v) is 12.8. The van der Waals surface area contributed by atoms with E-state index in [9.17, 15) is 12.8 Å². The van der Waals surface area contributed by atoms with Crippen LogP contribution >= 0.6 is 0 Å². The number of hydrogen-bond acceptors (Lipinski definition) is 4. The van der Waals surface area contributed by atoms with Crippen molar-refractivity contribution in [2.24, 2.45) is 0 Å². The number of sulfonamides is 1. The Kier molecular flexibility index (Phi) is 3.62. The molecule has 0 spiro atoms. The van der Waals surface area contributed by atoms with Crippen LogP contribution in [0.25, 0.3) is 0 Å². The van der Waals surface area contributed by atoms with Crippen molar-refractivity contribution >= 4 is 15.8 Å². The second kappa shape index (κ2) is 5.33. The Morgan fingerprint density at radius 1 is 1.36 bits per heavy atom. The van der Waals surface area contributed by atoms with Gasteiger partial charge in [-0.3, -0.25) is 0 Å². The summed E-state index contributed by atoms with van der Waals surface area (Å²) in [5.41, 5.74) is 7.89. The van der Waals surface area contributed by atoms with E-state index in [1.807, 2.05) is 0 Å². The second-order valence-electron chi connectivity index (χ2n) is 5.43. The molecular weight excluding hydrogens is 305 g/mol. The van der Waals surface area contributed by atoms with E-state index in [0.717, 1.165) is 11.1 Å². The maximum atomic E-state index is 13.2. The third-order valence-electron chi connectivity index (χ3n) is 3.88. The highest BCUT2D eigenvalue weighted by Gasteiger charge is 2.28. The molecule has 1 aromatic heterocycles. The van der Waals surface area contributed by atoms with Gasteiger partial charge in [0.05, 0.1) is 0 Å². The highest BCUT2D eigenvalue weighted by molar-refractivity contribution is 7.89. The zero-order chi connectivity index (χ0) is 15.9. The number of benzene rings is 1. The Bertz CT molecular complexity index is 837. The van der Waals surface area contributed by atoms with Crippen LogP contribution in [-0.2, 0) is 16.4 Å². The van der Waals surface area contributed by atoms with Crippen LogP contribution in [0.5, 0.6) is 0 Å². The number of nitrogens with zero attached hydrogens (tertiary/aromatic N) is 1. The summed E-state index contributed by atoms with van der Waals surface area (Å²) in [6, 6.07) is 5.58. The van der Waals surface area contributed by atoms with E-state index in [2.05, 4.69) is 9.71 Å². The standard InChI is InChI=1S/C15H16FN3O2S/c1-9-6-12(8-18-15(9)17)22(20,21)19-14-5-2-10-7-11(16)3-4-13(10)14/h3-4,6-8,14,19H,2,5H2,1H3,(H2,17,18). The minimum Gasteiger partial charge on any atom is -0.383 e. The van der Waals surface area contributed by atoms with E-state index in [4.69, 9.17) is 5.73 Å². The molecule has 7 heteroatoms. The molecule has 0 bridgehead atoms. The fourth-order valence-corrected chi connectivity index (χ4v) is 3.95. The van der Waals surface area contributed by atoms with E-state index in [-0.39, 0.29) is 16.8 Å². The molecule has 1 unspecified atom stereocenters. The Labute approximate surface area is 128 Å². The van der Waals surface area contributed by atoms with Gasteiger partial charge < -0.3 is 5.73 Å². The molecule has 0 amide bonds. The molecule has 0 aliphatic heterocycles. The van der Waals surface area contributed by atoms with Crippen LogP contribution in [-0.4, -0.2) is 13.4 Å². The number of halogens is 1. The molecule has 1 aromatic carbocycles. The van der Waals surface area contributed by atoms with Gasteiger partial charge in [-0.15, -0.1) is 0 Å². The number of hydrogen-bond donors (Lipinski definition) is 2. The zero-order valence-electron chi connectivity index (χ0n) is 12.0. The molecule has 3 rings (SSSR count). The van der Waals surface area contributed by atoms with Gasteiger partial charge >= 0.3 is 0 Å². The van der Waals surface area contributed by atoms with E-state index >= 15 is 0 Å². The number of anilines is 1. The number of rotatable bonds is 3. The van der Waals surface area contributed by atoms with Crippen molar-refractivity contribution in [2.45, 2.75) is 30.7 Å². The number of aromatic nitrogens is 1. The molecule has 5 nitrogen and oxygen atoms in total. The third kappa shape index (κ3) is 2.69. The van der Waals surface area contributed by atoms with Crippen molar-refractivity contribution in [2.75, 3.05) is 5.73 Å². The summed E-state index contributed by atoms with van der Waals surface area (Å²) in [5.74, 6) is 0.00116. The first-order chi connectivity index (χ1) is 10.4. The summed E-state index contributed by atoms with van der Waals surface area (Å²) in [6.45, 7) is 1.70. The van der Waals surface area contributed by atoms with E-state index in [1.54, 1.807) is 13.0 Å². The average molecular weight is 321 g/mol. The van der Waals surface area contributed by atoms with Crippen molar-refractivity contribution in [3.05, 3.63) is 53.0 Å². The molecule has 3 N–H and O–H groups in total. The lowest BCUT2D eigenvalue weighted by atomic mass is 10.1. The molecule has 116 valence electrons. The SMILES string of the molecule is Cc1cc(S(=O)(=O)NC2CCc3cc(F)ccc32)cnc1N. The normalized spacial score (nSPS) is 17.5. The summed E-state index contributed by atoms with van der Waals surface area (Å²) < 4.78 is 40.8. The molecule has 0 radical (unpaired) electrons. The highest BCUT2D eigenvalue weighted by Crippen LogP contribution is 2.32. The molecule has 1 atom stereocenters. The van der Waals surface area contributed by atoms with Gasteiger partial charge in [-0.05, 0) is 54.7 Å². The van der Waals surface area contributed by atoms with Crippen molar-refractivity contribution in [3.8, 4) is 0 Å². The number of nitrogens with two attached hydrogens (primary N) is 1. The summed E-state index contributed by atoms with van der Waals surface area (Å²) >= 11 is 0. The predicted molar refractivity (Wildman–Crippen MR) is 81.2 cm³/mol. The maximum Gasteiger partial charge on any atom is 0.242 e. The number of nitrogen functional groups attached to an aromatic ring is 1. The minimum atomic E-state index is -3.70. The van der Waals surface area contributed by atoms with Crippen LogP contribution in [0.2, 0.25) is 0 Å². The minimum absolute atomic E-state index is 0.0785. The summed E-state index contributed by atoms with van der Waals surface area (Å²) in [6.07, 6.45) is 2.50. The van der Waals surface area contributed by atoms with Crippen molar-refractivity contribution in [1.82, 2.24) is 9.71 Å². The van der Waals surface area contributed by atoms with Crippen LogP contribution < -0.4 is 10.5 Å². The van der Waals surface area contributed by atoms with E-state index in [0.29, 0.717) is 24.2 Å². The summed E-state index contributed by atoms with van der Waals surface area (Å²) in [5, 5.41) is 0. The van der Waals surface area contributed by atoms with E-state index in [1.165, 1.54) is 24.4 Å². The predicted octanol–water partition coefficient (Wildman–Crippen LogP) is 2.08. The summed E-state index contributed by atoms with van der Waals surface area (Å²) in [4.78, 5) is 3.96. The van der Waals surface area contributed by atoms with Gasteiger partial charge in [-0.25, -0.2) is 22.5 Å². The molecule has 0 fully saturated rings. The molecule has 0 saturated carbocycles. The number of nitrogens with one attached hydrogen (secondary N) is 1. The van der Waals surface area contributed by atoms with Crippen molar-refractivity contribution < 1.29 is 12.8 Å². The monoisotopic (exact) mass is 321 g/mol. The van der Waals surface area contributed by atoms with Crippen LogP contribution in [0, 0.1) is 12.7 Å². The Morgan fingerprint density at radius 2 is 2.14 bits per heavy atom. The molecular formula is C15H16FN3O2S. The highest BCUT2D eigenvalue weighted by atomic mass is 32.2. The van der Waals surface area contributed by atoms with Gasteiger partial charge in [0.25, 0.3) is 0 Å². The van der Waals surface area contributed by atoms with Gasteiger partial charge in [0.1, 0.15) is 16.5 Å². The molecule has 0 saturated heterocycles. The van der Waals surface area contributed by atoms with Gasteiger partial charge in [0.2, 0.25) is 10.0 Å². The first-order valence-electron chi connectivity index (χ1n) is 6.89. The molecule has 1 aliphatic rings. The lowest BCUT2D eigenvalue weighted by molar-refractivity contribution is 0.554. The first kappa shape index (κ1) is 14.9. The van der Waals surface area contributed by atoms with Gasteiger partial charge in [-0.1, -0.05) is 6.07 Å². The van der Waals surface area contributed by atoms with Crippen LogP contribution in [0.4, 0.5) is 10.2 Å². The molecule has 1 heterocycles. The largest absolute Gasteiger partial charge is 0.383 e. The Hall–Kier alpha value is -1.99. The number of pyridine rings is 1. The Balaban J connectivity index is 1.89. The van der Waals surface area contributed by atoms with Gasteiger partial charge in [-0.2, -0.15) is 0 Å². The van der Waals surface area contributed by atoms with Crippen LogP contribution in [0.3, 0.4) is 0 Å². The summed E-state index contributed by atoms with van der Waals surface area (Å²) in [7, 11) is -3.70. The lowest BCUT2D eigenvalue weighted by Gasteiger charge is -2.15. The fraction of sp³-hybridized carbons (Fsp3) is 0.267. The topological polar surface area (TPSA) is 85.1 Å². The number of aryl methyl sites for hydroxylation is 2. The maximum absolute atomic E-state index is 13.2.